The maximum atomic E-state index is 11.6. The number of amides is 1. The lowest BCUT2D eigenvalue weighted by Gasteiger charge is -2.25. The van der Waals surface area contributed by atoms with Crippen LogP contribution in [0, 0.1) is 5.92 Å². The maximum absolute atomic E-state index is 11.6. The number of hydrogen-bond donors (Lipinski definition) is 2. The molecule has 0 bridgehead atoms. The molecule has 0 aliphatic carbocycles. The highest BCUT2D eigenvalue weighted by molar-refractivity contribution is 7.15. The van der Waals surface area contributed by atoms with Crippen LogP contribution in [0.4, 0.5) is 10.7 Å². The Kier molecular flexibility index (Phi) is 2.46. The summed E-state index contributed by atoms with van der Waals surface area (Å²) in [6.07, 6.45) is 0.876. The van der Waals surface area contributed by atoms with E-state index in [2.05, 4.69) is 24.5 Å². The standard InChI is InChI=1S/C10H14N2OS/c1-6(2)5-8-9(13)12-10-7(11-8)3-4-14-10/h3-4,6,8,11H,5H2,1-2H3,(H,12,13)/t8-/m1/s1. The Morgan fingerprint density at radius 2 is 2.36 bits per heavy atom. The van der Waals surface area contributed by atoms with Crippen molar-refractivity contribution >= 4 is 27.9 Å². The van der Waals surface area contributed by atoms with Gasteiger partial charge in [0.25, 0.3) is 0 Å². The third-order valence-corrected chi connectivity index (χ3v) is 3.09. The maximum Gasteiger partial charge on any atom is 0.247 e. The van der Waals surface area contributed by atoms with Crippen molar-refractivity contribution in [3.63, 3.8) is 0 Å². The molecule has 2 rings (SSSR count). The summed E-state index contributed by atoms with van der Waals surface area (Å²) in [6, 6.07) is 1.93. The summed E-state index contributed by atoms with van der Waals surface area (Å²) in [4.78, 5) is 11.6. The highest BCUT2D eigenvalue weighted by Gasteiger charge is 2.26. The number of carbonyl (C=O) groups is 1. The SMILES string of the molecule is CC(C)C[C@H]1Nc2ccsc2NC1=O. The van der Waals surface area contributed by atoms with E-state index < -0.39 is 0 Å². The number of hydrogen-bond acceptors (Lipinski definition) is 3. The van der Waals surface area contributed by atoms with Crippen LogP contribution in [0.25, 0.3) is 0 Å². The Hall–Kier alpha value is -1.03. The minimum absolute atomic E-state index is 0.0721. The quantitative estimate of drug-likeness (QED) is 0.787. The molecule has 14 heavy (non-hydrogen) atoms. The van der Waals surface area contributed by atoms with Crippen LogP contribution in [0.5, 0.6) is 0 Å². The van der Waals surface area contributed by atoms with E-state index in [4.69, 9.17) is 0 Å². The van der Waals surface area contributed by atoms with Gasteiger partial charge in [-0.25, -0.2) is 0 Å². The molecule has 1 atom stereocenters. The van der Waals surface area contributed by atoms with Gasteiger partial charge in [0, 0.05) is 0 Å². The summed E-state index contributed by atoms with van der Waals surface area (Å²) in [7, 11) is 0. The minimum atomic E-state index is -0.0721. The van der Waals surface area contributed by atoms with Crippen molar-refractivity contribution in [1.82, 2.24) is 0 Å². The molecule has 0 fully saturated rings. The van der Waals surface area contributed by atoms with Crippen LogP contribution in [0.15, 0.2) is 11.4 Å². The fraction of sp³-hybridized carbons (Fsp3) is 0.500. The first-order chi connectivity index (χ1) is 6.66. The second-order valence-corrected chi connectivity index (χ2v) is 4.90. The second-order valence-electron chi connectivity index (χ2n) is 3.98. The molecule has 3 nitrogen and oxygen atoms in total. The van der Waals surface area contributed by atoms with Crippen LogP contribution < -0.4 is 10.6 Å². The number of nitrogens with one attached hydrogen (secondary N) is 2. The third-order valence-electron chi connectivity index (χ3n) is 2.26. The molecule has 2 N–H and O–H groups in total. The van der Waals surface area contributed by atoms with Gasteiger partial charge in [-0.3, -0.25) is 4.79 Å². The van der Waals surface area contributed by atoms with Gasteiger partial charge in [-0.05, 0) is 23.8 Å². The lowest BCUT2D eigenvalue weighted by molar-refractivity contribution is -0.117. The van der Waals surface area contributed by atoms with Crippen LogP contribution >= 0.6 is 11.3 Å². The number of fused-ring (bicyclic) bond motifs is 1. The zero-order valence-corrected chi connectivity index (χ0v) is 9.15. The van der Waals surface area contributed by atoms with E-state index in [1.807, 2.05) is 11.4 Å². The third kappa shape index (κ3) is 1.75. The summed E-state index contributed by atoms with van der Waals surface area (Å²) in [6.45, 7) is 4.25. The van der Waals surface area contributed by atoms with Gasteiger partial charge >= 0.3 is 0 Å². The molecule has 2 heterocycles. The Morgan fingerprint density at radius 3 is 3.07 bits per heavy atom. The van der Waals surface area contributed by atoms with E-state index in [1.54, 1.807) is 11.3 Å². The van der Waals surface area contributed by atoms with E-state index in [9.17, 15) is 4.79 Å². The highest BCUT2D eigenvalue weighted by atomic mass is 32.1. The van der Waals surface area contributed by atoms with Gasteiger partial charge in [0.1, 0.15) is 11.0 Å². The van der Waals surface area contributed by atoms with Crippen molar-refractivity contribution in [3.05, 3.63) is 11.4 Å². The highest BCUT2D eigenvalue weighted by Crippen LogP contribution is 2.33. The summed E-state index contributed by atoms with van der Waals surface area (Å²) in [5.41, 5.74) is 1.06. The topological polar surface area (TPSA) is 41.1 Å². The molecular formula is C10H14N2OS. The van der Waals surface area contributed by atoms with Crippen molar-refractivity contribution in [2.24, 2.45) is 5.92 Å². The molecule has 0 saturated carbocycles. The summed E-state index contributed by atoms with van der Waals surface area (Å²) in [5, 5.41) is 9.09. The first kappa shape index (κ1) is 9.52. The lowest BCUT2D eigenvalue weighted by atomic mass is 10.0. The predicted octanol–water partition coefficient (Wildman–Crippen LogP) is 2.53. The van der Waals surface area contributed by atoms with Crippen LogP contribution in [0.1, 0.15) is 20.3 Å². The van der Waals surface area contributed by atoms with Crippen LogP contribution in [-0.4, -0.2) is 11.9 Å². The van der Waals surface area contributed by atoms with Crippen LogP contribution in [0.3, 0.4) is 0 Å². The average molecular weight is 210 g/mol. The zero-order chi connectivity index (χ0) is 10.1. The van der Waals surface area contributed by atoms with E-state index >= 15 is 0 Å². The molecule has 1 aromatic heterocycles. The van der Waals surface area contributed by atoms with Gasteiger partial charge in [-0.1, -0.05) is 13.8 Å². The fourth-order valence-electron chi connectivity index (χ4n) is 1.61. The summed E-state index contributed by atoms with van der Waals surface area (Å²) >= 11 is 1.56. The number of rotatable bonds is 2. The number of anilines is 2. The van der Waals surface area contributed by atoms with Gasteiger partial charge in [-0.15, -0.1) is 11.3 Å². The number of thiophene rings is 1. The molecule has 0 saturated heterocycles. The summed E-state index contributed by atoms with van der Waals surface area (Å²) < 4.78 is 0. The van der Waals surface area contributed by atoms with E-state index in [1.165, 1.54) is 0 Å². The first-order valence-electron chi connectivity index (χ1n) is 4.81. The first-order valence-corrected chi connectivity index (χ1v) is 5.69. The molecule has 1 aliphatic heterocycles. The minimum Gasteiger partial charge on any atom is -0.371 e. The zero-order valence-electron chi connectivity index (χ0n) is 8.33. The van der Waals surface area contributed by atoms with Crippen molar-refractivity contribution in [2.75, 3.05) is 10.6 Å². The Bertz CT molecular complexity index is 346. The normalized spacial score (nSPS) is 20.2. The molecule has 1 aliphatic rings. The Morgan fingerprint density at radius 1 is 1.57 bits per heavy atom. The predicted molar refractivity (Wildman–Crippen MR) is 59.8 cm³/mol. The average Bonchev–Trinajstić information content (AvgIpc) is 2.51. The molecule has 0 spiro atoms. The monoisotopic (exact) mass is 210 g/mol. The van der Waals surface area contributed by atoms with Crippen molar-refractivity contribution in [2.45, 2.75) is 26.3 Å². The molecule has 1 aromatic rings. The molecule has 0 radical (unpaired) electrons. The summed E-state index contributed by atoms with van der Waals surface area (Å²) in [5.74, 6) is 0.618. The van der Waals surface area contributed by atoms with E-state index in [0.29, 0.717) is 5.92 Å². The van der Waals surface area contributed by atoms with Crippen molar-refractivity contribution in [1.29, 1.82) is 0 Å². The molecule has 76 valence electrons. The van der Waals surface area contributed by atoms with Gasteiger partial charge in [0.15, 0.2) is 0 Å². The van der Waals surface area contributed by atoms with E-state index in [-0.39, 0.29) is 11.9 Å². The van der Waals surface area contributed by atoms with E-state index in [0.717, 1.165) is 17.1 Å². The van der Waals surface area contributed by atoms with Crippen LogP contribution in [0.2, 0.25) is 0 Å². The lowest BCUT2D eigenvalue weighted by Crippen LogP contribution is -2.39. The molecule has 0 aromatic carbocycles. The molecule has 0 unspecified atom stereocenters. The molecule has 1 amide bonds. The van der Waals surface area contributed by atoms with Gasteiger partial charge < -0.3 is 10.6 Å². The number of carbonyl (C=O) groups excluding carboxylic acids is 1. The van der Waals surface area contributed by atoms with Crippen molar-refractivity contribution in [3.8, 4) is 0 Å². The largest absolute Gasteiger partial charge is 0.371 e. The van der Waals surface area contributed by atoms with Gasteiger partial charge in [0.2, 0.25) is 5.91 Å². The fourth-order valence-corrected chi connectivity index (χ4v) is 2.36. The molecular weight excluding hydrogens is 196 g/mol. The smallest absolute Gasteiger partial charge is 0.247 e. The Balaban J connectivity index is 2.13. The molecule has 4 heteroatoms. The second kappa shape index (κ2) is 3.61. The Labute approximate surface area is 87.5 Å². The van der Waals surface area contributed by atoms with Crippen molar-refractivity contribution < 1.29 is 4.79 Å². The van der Waals surface area contributed by atoms with Crippen LogP contribution in [-0.2, 0) is 4.79 Å². The van der Waals surface area contributed by atoms with Gasteiger partial charge in [0.05, 0.1) is 5.69 Å². The van der Waals surface area contributed by atoms with Gasteiger partial charge in [-0.2, -0.15) is 0 Å².